The second-order valence-corrected chi connectivity index (χ2v) is 5.14. The monoisotopic (exact) mass is 253 g/mol. The number of hydrogen-bond acceptors (Lipinski definition) is 3. The number of halogens is 1. The molecular formula is C14H20FNO2. The number of ether oxygens (including phenoxy) is 2. The van der Waals surface area contributed by atoms with Crippen LogP contribution >= 0.6 is 0 Å². The fraction of sp³-hybridized carbons (Fsp3) is 0.571. The lowest BCUT2D eigenvalue weighted by Crippen LogP contribution is -2.47. The second kappa shape index (κ2) is 5.24. The van der Waals surface area contributed by atoms with Gasteiger partial charge >= 0.3 is 0 Å². The second-order valence-electron chi connectivity index (χ2n) is 5.14. The molecule has 1 aliphatic rings. The van der Waals surface area contributed by atoms with Crippen LogP contribution in [-0.4, -0.2) is 26.4 Å². The molecule has 0 aromatic heterocycles. The van der Waals surface area contributed by atoms with E-state index in [0.29, 0.717) is 13.2 Å². The van der Waals surface area contributed by atoms with Gasteiger partial charge in [-0.3, -0.25) is 0 Å². The van der Waals surface area contributed by atoms with Crippen LogP contribution in [0.25, 0.3) is 0 Å². The van der Waals surface area contributed by atoms with E-state index in [1.165, 1.54) is 7.11 Å². The maximum atomic E-state index is 13.7. The molecule has 0 saturated carbocycles. The largest absolute Gasteiger partial charge is 0.494 e. The zero-order valence-corrected chi connectivity index (χ0v) is 10.9. The van der Waals surface area contributed by atoms with Crippen molar-refractivity contribution >= 4 is 0 Å². The van der Waals surface area contributed by atoms with Crippen molar-refractivity contribution in [3.63, 3.8) is 0 Å². The van der Waals surface area contributed by atoms with Gasteiger partial charge in [0.2, 0.25) is 0 Å². The molecule has 0 aliphatic carbocycles. The molecule has 1 saturated heterocycles. The average molecular weight is 253 g/mol. The van der Waals surface area contributed by atoms with E-state index in [0.717, 1.165) is 18.4 Å². The van der Waals surface area contributed by atoms with Gasteiger partial charge in [-0.2, -0.15) is 0 Å². The van der Waals surface area contributed by atoms with E-state index in [1.54, 1.807) is 12.1 Å². The van der Waals surface area contributed by atoms with Gasteiger partial charge in [-0.25, -0.2) is 4.39 Å². The zero-order valence-electron chi connectivity index (χ0n) is 10.9. The predicted molar refractivity (Wildman–Crippen MR) is 68.3 cm³/mol. The SMILES string of the molecule is COc1ccc(C2(CCC(C)N)COC2)cc1F. The Morgan fingerprint density at radius 3 is 2.67 bits per heavy atom. The summed E-state index contributed by atoms with van der Waals surface area (Å²) in [6, 6.07) is 5.32. The summed E-state index contributed by atoms with van der Waals surface area (Å²) in [5.74, 6) is -0.0385. The molecule has 1 atom stereocenters. The third-order valence-corrected chi connectivity index (χ3v) is 3.60. The summed E-state index contributed by atoms with van der Waals surface area (Å²) in [4.78, 5) is 0. The lowest BCUT2D eigenvalue weighted by atomic mass is 9.74. The van der Waals surface area contributed by atoms with Crippen LogP contribution in [0.1, 0.15) is 25.3 Å². The molecule has 1 aliphatic heterocycles. The molecule has 1 aromatic rings. The van der Waals surface area contributed by atoms with Crippen molar-refractivity contribution < 1.29 is 13.9 Å². The Morgan fingerprint density at radius 1 is 1.50 bits per heavy atom. The van der Waals surface area contributed by atoms with Gasteiger partial charge in [0.05, 0.1) is 20.3 Å². The van der Waals surface area contributed by atoms with Crippen molar-refractivity contribution in [3.05, 3.63) is 29.6 Å². The van der Waals surface area contributed by atoms with E-state index in [4.69, 9.17) is 15.2 Å². The Morgan fingerprint density at radius 2 is 2.22 bits per heavy atom. The zero-order chi connectivity index (χ0) is 13.2. The molecule has 0 radical (unpaired) electrons. The summed E-state index contributed by atoms with van der Waals surface area (Å²) < 4.78 is 24.0. The van der Waals surface area contributed by atoms with E-state index in [2.05, 4.69) is 0 Å². The van der Waals surface area contributed by atoms with Crippen molar-refractivity contribution in [2.24, 2.45) is 5.73 Å². The quantitative estimate of drug-likeness (QED) is 0.875. The normalized spacial score (nSPS) is 19.1. The highest BCUT2D eigenvalue weighted by Gasteiger charge is 2.40. The molecule has 1 unspecified atom stereocenters. The fourth-order valence-electron chi connectivity index (χ4n) is 2.30. The smallest absolute Gasteiger partial charge is 0.165 e. The minimum absolute atomic E-state index is 0.0687. The van der Waals surface area contributed by atoms with Crippen molar-refractivity contribution in [2.75, 3.05) is 20.3 Å². The van der Waals surface area contributed by atoms with E-state index >= 15 is 0 Å². The van der Waals surface area contributed by atoms with Crippen molar-refractivity contribution in [3.8, 4) is 5.75 Å². The summed E-state index contributed by atoms with van der Waals surface area (Å²) in [6.45, 7) is 3.28. The van der Waals surface area contributed by atoms with Crippen molar-refractivity contribution in [1.82, 2.24) is 0 Å². The summed E-state index contributed by atoms with van der Waals surface area (Å²) in [7, 11) is 1.47. The molecule has 100 valence electrons. The third-order valence-electron chi connectivity index (χ3n) is 3.60. The molecule has 2 N–H and O–H groups in total. The fourth-order valence-corrected chi connectivity index (χ4v) is 2.30. The number of nitrogens with two attached hydrogens (primary N) is 1. The maximum absolute atomic E-state index is 13.7. The summed E-state index contributed by atoms with van der Waals surface area (Å²) in [6.07, 6.45) is 1.84. The van der Waals surface area contributed by atoms with Gasteiger partial charge < -0.3 is 15.2 Å². The van der Waals surface area contributed by atoms with Crippen LogP contribution in [0.3, 0.4) is 0 Å². The highest BCUT2D eigenvalue weighted by atomic mass is 19.1. The van der Waals surface area contributed by atoms with Crippen LogP contribution < -0.4 is 10.5 Å². The van der Waals surface area contributed by atoms with Crippen LogP contribution in [0.15, 0.2) is 18.2 Å². The van der Waals surface area contributed by atoms with Crippen LogP contribution in [0.2, 0.25) is 0 Å². The van der Waals surface area contributed by atoms with Gasteiger partial charge in [-0.1, -0.05) is 6.07 Å². The lowest BCUT2D eigenvalue weighted by Gasteiger charge is -2.42. The standard InChI is InChI=1S/C14H20FNO2/c1-10(16)5-6-14(8-18-9-14)11-3-4-13(17-2)12(15)7-11/h3-4,7,10H,5-6,8-9,16H2,1-2H3. The maximum Gasteiger partial charge on any atom is 0.165 e. The highest BCUT2D eigenvalue weighted by Crippen LogP contribution is 2.38. The molecule has 0 spiro atoms. The average Bonchev–Trinajstić information content (AvgIpc) is 2.27. The molecule has 3 nitrogen and oxygen atoms in total. The summed E-state index contributed by atoms with van der Waals surface area (Å²) >= 11 is 0. The van der Waals surface area contributed by atoms with Crippen LogP contribution in [0.5, 0.6) is 5.75 Å². The first-order chi connectivity index (χ1) is 8.57. The molecule has 0 bridgehead atoms. The minimum Gasteiger partial charge on any atom is -0.494 e. The first kappa shape index (κ1) is 13.3. The van der Waals surface area contributed by atoms with E-state index in [1.807, 2.05) is 13.0 Å². The first-order valence-corrected chi connectivity index (χ1v) is 6.25. The number of hydrogen-bond donors (Lipinski definition) is 1. The van der Waals surface area contributed by atoms with Crippen molar-refractivity contribution in [1.29, 1.82) is 0 Å². The van der Waals surface area contributed by atoms with Gasteiger partial charge in [0.1, 0.15) is 0 Å². The number of rotatable bonds is 5. The Hall–Kier alpha value is -1.13. The van der Waals surface area contributed by atoms with Crippen molar-refractivity contribution in [2.45, 2.75) is 31.2 Å². The number of benzene rings is 1. The van der Waals surface area contributed by atoms with E-state index < -0.39 is 0 Å². The van der Waals surface area contributed by atoms with Gasteiger partial charge in [0.25, 0.3) is 0 Å². The Balaban J connectivity index is 2.19. The highest BCUT2D eigenvalue weighted by molar-refractivity contribution is 5.35. The van der Waals surface area contributed by atoms with Gasteiger partial charge in [-0.05, 0) is 37.5 Å². The molecule has 1 aromatic carbocycles. The molecular weight excluding hydrogens is 233 g/mol. The molecule has 1 heterocycles. The Labute approximate surface area is 107 Å². The molecule has 18 heavy (non-hydrogen) atoms. The Bertz CT molecular complexity index is 416. The van der Waals surface area contributed by atoms with E-state index in [-0.39, 0.29) is 23.0 Å². The van der Waals surface area contributed by atoms with Gasteiger partial charge in [-0.15, -0.1) is 0 Å². The molecule has 4 heteroatoms. The molecule has 1 fully saturated rings. The predicted octanol–water partition coefficient (Wildman–Crippen LogP) is 2.23. The van der Waals surface area contributed by atoms with Gasteiger partial charge in [0.15, 0.2) is 11.6 Å². The molecule has 0 amide bonds. The lowest BCUT2D eigenvalue weighted by molar-refractivity contribution is -0.0658. The van der Waals surface area contributed by atoms with Crippen LogP contribution in [0.4, 0.5) is 4.39 Å². The summed E-state index contributed by atoms with van der Waals surface area (Å²) in [5, 5.41) is 0. The van der Waals surface area contributed by atoms with Crippen LogP contribution in [0, 0.1) is 5.82 Å². The first-order valence-electron chi connectivity index (χ1n) is 6.25. The number of methoxy groups -OCH3 is 1. The third kappa shape index (κ3) is 2.49. The summed E-state index contributed by atoms with van der Waals surface area (Å²) in [5.41, 5.74) is 6.71. The van der Waals surface area contributed by atoms with Crippen LogP contribution in [-0.2, 0) is 10.2 Å². The van der Waals surface area contributed by atoms with Gasteiger partial charge in [0, 0.05) is 11.5 Å². The Kier molecular flexibility index (Phi) is 3.88. The topological polar surface area (TPSA) is 44.5 Å². The molecule has 2 rings (SSSR count). The van der Waals surface area contributed by atoms with E-state index in [9.17, 15) is 4.39 Å². The minimum atomic E-state index is -0.318.